The predicted octanol–water partition coefficient (Wildman–Crippen LogP) is 3.66. The molecular formula is C35H36FN5O8. The fourth-order valence-electron chi connectivity index (χ4n) is 5.83. The number of aliphatic hydroxyl groups excluding tert-OH is 1. The third kappa shape index (κ3) is 6.15. The molecule has 4 N–H and O–H groups in total. The number of hydrogen-bond acceptors (Lipinski definition) is 10. The average molecular weight is 674 g/mol. The number of aromatic nitrogens is 4. The summed E-state index contributed by atoms with van der Waals surface area (Å²) in [6, 6.07) is 23.8. The first-order valence-electron chi connectivity index (χ1n) is 15.5. The fraction of sp³-hybridized carbons (Fsp3) is 0.314. The molecule has 256 valence electrons. The number of aliphatic hydroxyl groups is 2. The fourth-order valence-corrected chi connectivity index (χ4v) is 5.83. The zero-order chi connectivity index (χ0) is 34.9. The highest BCUT2D eigenvalue weighted by molar-refractivity contribution is 5.91. The number of anilines is 1. The van der Waals surface area contributed by atoms with Gasteiger partial charge in [0.05, 0.1) is 27.2 Å². The van der Waals surface area contributed by atoms with Gasteiger partial charge in [-0.05, 0) is 41.0 Å². The molecule has 49 heavy (non-hydrogen) atoms. The minimum Gasteiger partial charge on any atom is -0.497 e. The van der Waals surface area contributed by atoms with Crippen LogP contribution in [0.1, 0.15) is 36.8 Å². The molecule has 0 radical (unpaired) electrons. The van der Waals surface area contributed by atoms with Crippen LogP contribution in [-0.2, 0) is 19.9 Å². The number of nitrogens with one attached hydrogen (secondary N) is 2. The van der Waals surface area contributed by atoms with Gasteiger partial charge >= 0.3 is 0 Å². The van der Waals surface area contributed by atoms with Gasteiger partial charge in [-0.3, -0.25) is 24.5 Å². The summed E-state index contributed by atoms with van der Waals surface area (Å²) in [6.07, 6.45) is -4.34. The summed E-state index contributed by atoms with van der Waals surface area (Å²) in [5.74, 6) is -3.18. The van der Waals surface area contributed by atoms with E-state index in [1.54, 1.807) is 52.3 Å². The van der Waals surface area contributed by atoms with Crippen molar-refractivity contribution < 1.29 is 38.3 Å². The maximum absolute atomic E-state index is 16.1. The molecule has 1 aliphatic heterocycles. The van der Waals surface area contributed by atoms with Crippen LogP contribution in [0.2, 0.25) is 0 Å². The molecule has 0 bridgehead atoms. The van der Waals surface area contributed by atoms with Crippen molar-refractivity contribution in [1.82, 2.24) is 19.5 Å². The van der Waals surface area contributed by atoms with Crippen molar-refractivity contribution in [2.24, 2.45) is 5.92 Å². The van der Waals surface area contributed by atoms with Gasteiger partial charge in [-0.1, -0.05) is 68.4 Å². The van der Waals surface area contributed by atoms with Gasteiger partial charge < -0.3 is 29.2 Å². The molecule has 4 atom stereocenters. The van der Waals surface area contributed by atoms with E-state index in [2.05, 4.69) is 20.3 Å². The van der Waals surface area contributed by atoms with Crippen molar-refractivity contribution >= 4 is 23.0 Å². The number of ether oxygens (including phenoxy) is 4. The second kappa shape index (κ2) is 13.4. The number of rotatable bonds is 11. The zero-order valence-electron chi connectivity index (χ0n) is 27.2. The van der Waals surface area contributed by atoms with Crippen LogP contribution in [-0.4, -0.2) is 74.5 Å². The maximum atomic E-state index is 16.1. The number of amides is 1. The first kappa shape index (κ1) is 33.7. The van der Waals surface area contributed by atoms with Crippen molar-refractivity contribution in [2.75, 3.05) is 26.1 Å². The third-order valence-electron chi connectivity index (χ3n) is 8.51. The van der Waals surface area contributed by atoms with Crippen LogP contribution in [0.15, 0.2) is 90.0 Å². The SMILES string of the molecule is COc1ccc(C(OC[C@H]2O[C@@H](n3cnc4c(=O)[nH]c(NC(=O)C(C)C)nc43)[C@@](O)(F)[C@@H]2O)(c2ccccc2)c2ccc(OC)cc2)cc1. The Morgan fingerprint density at radius 2 is 1.59 bits per heavy atom. The zero-order valence-corrected chi connectivity index (χ0v) is 27.2. The summed E-state index contributed by atoms with van der Waals surface area (Å²) in [5, 5.41) is 24.7. The van der Waals surface area contributed by atoms with Gasteiger partial charge in [0.15, 0.2) is 17.4 Å². The maximum Gasteiger partial charge on any atom is 0.281 e. The molecule has 3 heterocycles. The number of halogens is 1. The molecule has 2 aromatic heterocycles. The summed E-state index contributed by atoms with van der Waals surface area (Å²) in [4.78, 5) is 35.7. The first-order valence-corrected chi connectivity index (χ1v) is 15.5. The molecule has 1 aliphatic rings. The largest absolute Gasteiger partial charge is 0.497 e. The summed E-state index contributed by atoms with van der Waals surface area (Å²) in [7, 11) is 3.12. The lowest BCUT2D eigenvalue weighted by molar-refractivity contribution is -0.195. The van der Waals surface area contributed by atoms with E-state index in [-0.39, 0.29) is 17.1 Å². The molecule has 14 heteroatoms. The molecule has 0 saturated carbocycles. The van der Waals surface area contributed by atoms with Gasteiger partial charge in [-0.2, -0.15) is 4.98 Å². The summed E-state index contributed by atoms with van der Waals surface area (Å²) in [6.45, 7) is 2.91. The Bertz CT molecular complexity index is 1930. The Labute approximate surface area is 280 Å². The predicted molar refractivity (Wildman–Crippen MR) is 176 cm³/mol. The number of imidazole rings is 1. The van der Waals surface area contributed by atoms with Crippen LogP contribution in [0.5, 0.6) is 11.5 Å². The Morgan fingerprint density at radius 3 is 2.14 bits per heavy atom. The van der Waals surface area contributed by atoms with Gasteiger partial charge in [0, 0.05) is 5.92 Å². The van der Waals surface area contributed by atoms with Crippen molar-refractivity contribution in [1.29, 1.82) is 0 Å². The van der Waals surface area contributed by atoms with Crippen molar-refractivity contribution in [3.05, 3.63) is 112 Å². The Kier molecular flexibility index (Phi) is 9.22. The second-order valence-corrected chi connectivity index (χ2v) is 11.9. The van der Waals surface area contributed by atoms with Crippen molar-refractivity contribution in [3.8, 4) is 11.5 Å². The number of benzene rings is 3. The monoisotopic (exact) mass is 673 g/mol. The molecule has 3 aromatic carbocycles. The summed E-state index contributed by atoms with van der Waals surface area (Å²) >= 11 is 0. The van der Waals surface area contributed by atoms with Crippen LogP contribution < -0.4 is 20.3 Å². The average Bonchev–Trinajstić information content (AvgIpc) is 3.63. The van der Waals surface area contributed by atoms with Crippen molar-refractivity contribution in [3.63, 3.8) is 0 Å². The van der Waals surface area contributed by atoms with Crippen LogP contribution in [0.3, 0.4) is 0 Å². The van der Waals surface area contributed by atoms with Gasteiger partial charge in [0.2, 0.25) is 11.9 Å². The number of aromatic amines is 1. The highest BCUT2D eigenvalue weighted by atomic mass is 19.2. The number of nitrogens with zero attached hydrogens (tertiary/aromatic N) is 3. The number of H-pyrrole nitrogens is 1. The number of hydrogen-bond donors (Lipinski definition) is 4. The number of carbonyl (C=O) groups is 1. The third-order valence-corrected chi connectivity index (χ3v) is 8.51. The quantitative estimate of drug-likeness (QED) is 0.152. The van der Waals surface area contributed by atoms with E-state index in [1.165, 1.54) is 0 Å². The van der Waals surface area contributed by atoms with E-state index < -0.39 is 53.9 Å². The Hall–Kier alpha value is -5.15. The minimum absolute atomic E-state index is 0.187. The molecule has 6 rings (SSSR count). The van der Waals surface area contributed by atoms with Crippen LogP contribution >= 0.6 is 0 Å². The Morgan fingerprint density at radius 1 is 1.02 bits per heavy atom. The van der Waals surface area contributed by atoms with E-state index >= 15 is 4.39 Å². The molecule has 13 nitrogen and oxygen atoms in total. The lowest BCUT2D eigenvalue weighted by atomic mass is 9.80. The molecule has 1 saturated heterocycles. The van der Waals surface area contributed by atoms with Gasteiger partial charge in [0.1, 0.15) is 29.3 Å². The Balaban J connectivity index is 1.39. The van der Waals surface area contributed by atoms with E-state index in [0.717, 1.165) is 10.9 Å². The molecule has 5 aromatic rings. The standard InChI is InChI=1S/C35H36FN5O8/c1-20(2)30(43)39-33-38-29-27(31(44)40-33)37-19-41(29)32-35(36,45)28(42)26(49-32)18-48-34(21-8-6-5-7-9-21,22-10-14-24(46-3)15-11-22)23-12-16-25(47-4)17-13-23/h5-17,19-20,26,28,32,42,45H,18H2,1-4H3,(H2,38,39,40,43,44)/t26-,28-,32-,35-/m1/s1. The van der Waals surface area contributed by atoms with E-state index in [1.807, 2.05) is 54.6 Å². The molecule has 0 spiro atoms. The lowest BCUT2D eigenvalue weighted by Gasteiger charge is -2.37. The molecular weight excluding hydrogens is 637 g/mol. The lowest BCUT2D eigenvalue weighted by Crippen LogP contribution is -2.44. The minimum atomic E-state index is -3.37. The van der Waals surface area contributed by atoms with E-state index in [0.29, 0.717) is 28.2 Å². The summed E-state index contributed by atoms with van der Waals surface area (Å²) < 4.78 is 40.6. The molecule has 1 fully saturated rings. The number of carbonyl (C=O) groups excluding carboxylic acids is 1. The van der Waals surface area contributed by atoms with Gasteiger partial charge in [0.25, 0.3) is 11.4 Å². The topological polar surface area (TPSA) is 170 Å². The van der Waals surface area contributed by atoms with E-state index in [4.69, 9.17) is 18.9 Å². The van der Waals surface area contributed by atoms with Gasteiger partial charge in [-0.15, -0.1) is 0 Å². The van der Waals surface area contributed by atoms with Crippen molar-refractivity contribution in [2.45, 2.75) is 43.7 Å². The molecule has 0 unspecified atom stereocenters. The van der Waals surface area contributed by atoms with Crippen LogP contribution in [0, 0.1) is 5.92 Å². The normalized spacial score (nSPS) is 20.9. The smallest absolute Gasteiger partial charge is 0.281 e. The second-order valence-electron chi connectivity index (χ2n) is 11.9. The highest BCUT2D eigenvalue weighted by Crippen LogP contribution is 2.45. The first-order chi connectivity index (χ1) is 23.5. The van der Waals surface area contributed by atoms with E-state index in [9.17, 15) is 19.8 Å². The molecule has 0 aliphatic carbocycles. The van der Waals surface area contributed by atoms with Crippen LogP contribution in [0.4, 0.5) is 10.3 Å². The highest BCUT2D eigenvalue weighted by Gasteiger charge is 2.58. The number of methoxy groups -OCH3 is 2. The molecule has 1 amide bonds. The van der Waals surface area contributed by atoms with Crippen LogP contribution in [0.25, 0.3) is 11.2 Å². The number of alkyl halides is 1. The summed E-state index contributed by atoms with van der Waals surface area (Å²) in [5.41, 5.74) is -0.338. The van der Waals surface area contributed by atoms with Gasteiger partial charge in [-0.25, -0.2) is 9.37 Å². The number of fused-ring (bicyclic) bond motifs is 1.